The standard InChI is InChI=1S/C28H29N3O3/c1-5-34-28(33)20-12-14-23-24(16-20)30-27(32)25(23)26(19-9-7-6-8-10-19)29-22-13-11-21(17-31(3)4)18(2)15-22/h6-16,29H,5,17H2,1-4H3,(H,30,32)/b26-25-. The Hall–Kier alpha value is -3.90. The predicted octanol–water partition coefficient (Wildman–Crippen LogP) is 5.17. The van der Waals surface area contributed by atoms with E-state index in [0.29, 0.717) is 29.1 Å². The van der Waals surface area contributed by atoms with Gasteiger partial charge in [-0.05, 0) is 68.9 Å². The maximum absolute atomic E-state index is 13.2. The molecule has 1 amide bonds. The minimum absolute atomic E-state index is 0.219. The average molecular weight is 456 g/mol. The molecule has 0 bridgehead atoms. The van der Waals surface area contributed by atoms with Crippen LogP contribution in [-0.2, 0) is 16.1 Å². The van der Waals surface area contributed by atoms with E-state index in [4.69, 9.17) is 4.74 Å². The summed E-state index contributed by atoms with van der Waals surface area (Å²) in [6, 6.07) is 21.2. The molecule has 0 spiro atoms. The molecular formula is C28H29N3O3. The molecule has 0 atom stereocenters. The molecule has 2 N–H and O–H groups in total. The Labute approximate surface area is 200 Å². The van der Waals surface area contributed by atoms with Crippen LogP contribution in [0.1, 0.15) is 39.5 Å². The third-order valence-corrected chi connectivity index (χ3v) is 5.69. The fraction of sp³-hybridized carbons (Fsp3) is 0.214. The first kappa shape index (κ1) is 23.3. The lowest BCUT2D eigenvalue weighted by Gasteiger charge is -2.17. The highest BCUT2D eigenvalue weighted by Gasteiger charge is 2.29. The van der Waals surface area contributed by atoms with E-state index in [1.165, 1.54) is 11.1 Å². The van der Waals surface area contributed by atoms with Gasteiger partial charge in [0.1, 0.15) is 0 Å². The molecule has 0 fully saturated rings. The van der Waals surface area contributed by atoms with Crippen LogP contribution in [-0.4, -0.2) is 37.5 Å². The van der Waals surface area contributed by atoms with Crippen LogP contribution in [0.2, 0.25) is 0 Å². The molecule has 4 rings (SSSR count). The highest BCUT2D eigenvalue weighted by molar-refractivity contribution is 6.37. The van der Waals surface area contributed by atoms with E-state index in [1.54, 1.807) is 25.1 Å². The van der Waals surface area contributed by atoms with Gasteiger partial charge in [0.15, 0.2) is 0 Å². The number of nitrogens with one attached hydrogen (secondary N) is 2. The van der Waals surface area contributed by atoms with Crippen molar-refractivity contribution >= 4 is 34.5 Å². The van der Waals surface area contributed by atoms with Gasteiger partial charge in [0, 0.05) is 17.8 Å². The summed E-state index contributed by atoms with van der Waals surface area (Å²) in [5, 5.41) is 6.41. The molecule has 1 heterocycles. The summed E-state index contributed by atoms with van der Waals surface area (Å²) in [6.45, 7) is 5.01. The normalized spacial score (nSPS) is 14.0. The Kier molecular flexibility index (Phi) is 6.80. The lowest BCUT2D eigenvalue weighted by Crippen LogP contribution is -2.12. The molecule has 0 radical (unpaired) electrons. The van der Waals surface area contributed by atoms with Crippen molar-refractivity contribution in [2.45, 2.75) is 20.4 Å². The lowest BCUT2D eigenvalue weighted by molar-refractivity contribution is -0.110. The number of carbonyl (C=O) groups is 2. The molecule has 6 nitrogen and oxygen atoms in total. The number of anilines is 2. The SMILES string of the molecule is CCOC(=O)c1ccc2c(c1)NC(=O)/C2=C(\Nc1ccc(CN(C)C)c(C)c1)c1ccccc1. The van der Waals surface area contributed by atoms with Crippen LogP contribution >= 0.6 is 0 Å². The number of rotatable bonds is 7. The molecule has 0 saturated carbocycles. The van der Waals surface area contributed by atoms with Crippen LogP contribution < -0.4 is 10.6 Å². The average Bonchev–Trinajstić information content (AvgIpc) is 3.14. The Morgan fingerprint density at radius 3 is 2.44 bits per heavy atom. The van der Waals surface area contributed by atoms with E-state index >= 15 is 0 Å². The van der Waals surface area contributed by atoms with Gasteiger partial charge < -0.3 is 20.3 Å². The minimum atomic E-state index is -0.410. The summed E-state index contributed by atoms with van der Waals surface area (Å²) >= 11 is 0. The number of fused-ring (bicyclic) bond motifs is 1. The van der Waals surface area contributed by atoms with Crippen LogP contribution in [0.5, 0.6) is 0 Å². The molecule has 6 heteroatoms. The molecule has 3 aromatic carbocycles. The number of esters is 1. The first-order valence-electron chi connectivity index (χ1n) is 11.3. The Balaban J connectivity index is 1.79. The van der Waals surface area contributed by atoms with Crippen molar-refractivity contribution in [3.05, 3.63) is 94.5 Å². The van der Waals surface area contributed by atoms with Crippen molar-refractivity contribution < 1.29 is 14.3 Å². The Morgan fingerprint density at radius 1 is 1.00 bits per heavy atom. The van der Waals surface area contributed by atoms with Crippen LogP contribution in [0.15, 0.2) is 66.7 Å². The van der Waals surface area contributed by atoms with Crippen molar-refractivity contribution in [1.82, 2.24) is 4.90 Å². The molecule has 3 aromatic rings. The molecular weight excluding hydrogens is 426 g/mol. The second-order valence-electron chi connectivity index (χ2n) is 8.56. The van der Waals surface area contributed by atoms with Crippen molar-refractivity contribution in [1.29, 1.82) is 0 Å². The Morgan fingerprint density at radius 2 is 1.76 bits per heavy atom. The second-order valence-corrected chi connectivity index (χ2v) is 8.56. The zero-order valence-electron chi connectivity index (χ0n) is 19.9. The van der Waals surface area contributed by atoms with Crippen molar-refractivity contribution in [2.75, 3.05) is 31.3 Å². The van der Waals surface area contributed by atoms with Gasteiger partial charge in [-0.1, -0.05) is 42.5 Å². The number of ether oxygens (including phenoxy) is 1. The van der Waals surface area contributed by atoms with Gasteiger partial charge in [0.2, 0.25) is 0 Å². The predicted molar refractivity (Wildman–Crippen MR) is 136 cm³/mol. The number of carbonyl (C=O) groups excluding carboxylic acids is 2. The summed E-state index contributed by atoms with van der Waals surface area (Å²) in [5.41, 5.74) is 7.20. The van der Waals surface area contributed by atoms with Gasteiger partial charge in [-0.3, -0.25) is 4.79 Å². The van der Waals surface area contributed by atoms with Crippen molar-refractivity contribution in [3.8, 4) is 0 Å². The topological polar surface area (TPSA) is 70.7 Å². The summed E-state index contributed by atoms with van der Waals surface area (Å²) in [4.78, 5) is 27.5. The fourth-order valence-electron chi connectivity index (χ4n) is 4.08. The van der Waals surface area contributed by atoms with E-state index in [1.807, 2.05) is 50.5 Å². The monoisotopic (exact) mass is 455 g/mol. The highest BCUT2D eigenvalue weighted by Crippen LogP contribution is 2.38. The molecule has 1 aliphatic rings. The molecule has 174 valence electrons. The minimum Gasteiger partial charge on any atom is -0.462 e. The zero-order valence-corrected chi connectivity index (χ0v) is 19.9. The number of hydrogen-bond acceptors (Lipinski definition) is 5. The first-order valence-corrected chi connectivity index (χ1v) is 11.3. The number of amides is 1. The van der Waals surface area contributed by atoms with E-state index in [-0.39, 0.29) is 5.91 Å². The van der Waals surface area contributed by atoms with Gasteiger partial charge in [0.05, 0.1) is 29.1 Å². The third-order valence-electron chi connectivity index (χ3n) is 5.69. The fourth-order valence-corrected chi connectivity index (χ4v) is 4.08. The van der Waals surface area contributed by atoms with E-state index < -0.39 is 5.97 Å². The van der Waals surface area contributed by atoms with Crippen LogP contribution in [0.25, 0.3) is 11.3 Å². The van der Waals surface area contributed by atoms with E-state index in [9.17, 15) is 9.59 Å². The molecule has 0 aliphatic carbocycles. The number of aryl methyl sites for hydroxylation is 1. The maximum Gasteiger partial charge on any atom is 0.338 e. The molecule has 1 aliphatic heterocycles. The number of hydrogen-bond donors (Lipinski definition) is 2. The van der Waals surface area contributed by atoms with Gasteiger partial charge >= 0.3 is 5.97 Å². The third kappa shape index (κ3) is 4.87. The van der Waals surface area contributed by atoms with E-state index in [2.05, 4.69) is 34.6 Å². The van der Waals surface area contributed by atoms with Gasteiger partial charge in [-0.15, -0.1) is 0 Å². The largest absolute Gasteiger partial charge is 0.462 e. The van der Waals surface area contributed by atoms with Gasteiger partial charge in [-0.2, -0.15) is 0 Å². The Bertz CT molecular complexity index is 1260. The summed E-state index contributed by atoms with van der Waals surface area (Å²) < 4.78 is 5.10. The molecule has 0 saturated heterocycles. The van der Waals surface area contributed by atoms with E-state index in [0.717, 1.165) is 23.4 Å². The number of benzene rings is 3. The smallest absolute Gasteiger partial charge is 0.338 e. The number of nitrogens with zero attached hydrogens (tertiary/aromatic N) is 1. The maximum atomic E-state index is 13.2. The molecule has 34 heavy (non-hydrogen) atoms. The van der Waals surface area contributed by atoms with Crippen LogP contribution in [0, 0.1) is 6.92 Å². The van der Waals surface area contributed by atoms with Gasteiger partial charge in [-0.25, -0.2) is 4.79 Å². The van der Waals surface area contributed by atoms with Crippen molar-refractivity contribution in [2.24, 2.45) is 0 Å². The summed E-state index contributed by atoms with van der Waals surface area (Å²) in [6.07, 6.45) is 0. The second kappa shape index (κ2) is 9.93. The quantitative estimate of drug-likeness (QED) is 0.380. The highest BCUT2D eigenvalue weighted by atomic mass is 16.5. The molecule has 0 aromatic heterocycles. The zero-order chi connectivity index (χ0) is 24.2. The van der Waals surface area contributed by atoms with Crippen LogP contribution in [0.4, 0.5) is 11.4 Å². The summed E-state index contributed by atoms with van der Waals surface area (Å²) in [7, 11) is 4.10. The summed E-state index contributed by atoms with van der Waals surface area (Å²) in [5.74, 6) is -0.630. The van der Waals surface area contributed by atoms with Crippen LogP contribution in [0.3, 0.4) is 0 Å². The first-order chi connectivity index (χ1) is 16.4. The van der Waals surface area contributed by atoms with Crippen molar-refractivity contribution in [3.63, 3.8) is 0 Å². The van der Waals surface area contributed by atoms with Gasteiger partial charge in [0.25, 0.3) is 5.91 Å². The lowest BCUT2D eigenvalue weighted by atomic mass is 9.98. The molecule has 0 unspecified atom stereocenters.